The Morgan fingerprint density at radius 3 is 2.76 bits per heavy atom. The fourth-order valence-electron chi connectivity index (χ4n) is 2.19. The van der Waals surface area contributed by atoms with Crippen LogP contribution in [0.15, 0.2) is 24.3 Å². The molecule has 2 rings (SSSR count). The molecule has 2 unspecified atom stereocenters. The molecule has 0 spiro atoms. The standard InChI is InChI=1S/C12H12N2O2.ClH/c13-5-8-3-1-2-4-9(8)10-6-14-7-11(10)12(15)16;/h1-4,10-11,14H,6-7H2,(H,15,16);1H. The van der Waals surface area contributed by atoms with Gasteiger partial charge in [-0.05, 0) is 11.6 Å². The number of nitrogens with one attached hydrogen (secondary N) is 1. The predicted octanol–water partition coefficient (Wildman–Crippen LogP) is 1.37. The largest absolute Gasteiger partial charge is 0.481 e. The van der Waals surface area contributed by atoms with Crippen LogP contribution in [0.25, 0.3) is 0 Å². The van der Waals surface area contributed by atoms with Gasteiger partial charge in [0.1, 0.15) is 0 Å². The summed E-state index contributed by atoms with van der Waals surface area (Å²) in [5, 5.41) is 21.1. The van der Waals surface area contributed by atoms with Crippen LogP contribution in [0, 0.1) is 17.2 Å². The molecule has 1 heterocycles. The fourth-order valence-corrected chi connectivity index (χ4v) is 2.19. The Balaban J connectivity index is 0.00000144. The van der Waals surface area contributed by atoms with E-state index in [9.17, 15) is 4.79 Å². The van der Waals surface area contributed by atoms with Gasteiger partial charge in [0.2, 0.25) is 0 Å². The van der Waals surface area contributed by atoms with Crippen LogP contribution in [0.2, 0.25) is 0 Å². The number of carbonyl (C=O) groups is 1. The number of aliphatic carboxylic acids is 1. The summed E-state index contributed by atoms with van der Waals surface area (Å²) in [5.74, 6) is -1.34. The van der Waals surface area contributed by atoms with E-state index in [0.717, 1.165) is 5.56 Å². The smallest absolute Gasteiger partial charge is 0.308 e. The molecular formula is C12H13ClN2O2. The highest BCUT2D eigenvalue weighted by Crippen LogP contribution is 2.30. The molecule has 0 aliphatic carbocycles. The first kappa shape index (κ1) is 13.5. The van der Waals surface area contributed by atoms with Crippen molar-refractivity contribution in [1.82, 2.24) is 5.32 Å². The molecule has 0 amide bonds. The molecule has 0 saturated carbocycles. The second-order valence-corrected chi connectivity index (χ2v) is 3.91. The summed E-state index contributed by atoms with van der Waals surface area (Å²) in [7, 11) is 0. The summed E-state index contributed by atoms with van der Waals surface area (Å²) >= 11 is 0. The quantitative estimate of drug-likeness (QED) is 0.834. The summed E-state index contributed by atoms with van der Waals surface area (Å²) in [6, 6.07) is 9.31. The number of nitrogens with zero attached hydrogens (tertiary/aromatic N) is 1. The van der Waals surface area contributed by atoms with Gasteiger partial charge in [0, 0.05) is 19.0 Å². The Hall–Kier alpha value is -1.57. The Bertz CT molecular complexity index is 456. The van der Waals surface area contributed by atoms with Crippen molar-refractivity contribution in [3.8, 4) is 6.07 Å². The van der Waals surface area contributed by atoms with Crippen LogP contribution in [-0.2, 0) is 4.79 Å². The van der Waals surface area contributed by atoms with Gasteiger partial charge in [-0.3, -0.25) is 4.79 Å². The van der Waals surface area contributed by atoms with Gasteiger partial charge >= 0.3 is 5.97 Å². The van der Waals surface area contributed by atoms with Gasteiger partial charge in [-0.1, -0.05) is 18.2 Å². The zero-order valence-corrected chi connectivity index (χ0v) is 9.91. The van der Waals surface area contributed by atoms with Gasteiger partial charge in [0.05, 0.1) is 17.6 Å². The van der Waals surface area contributed by atoms with E-state index >= 15 is 0 Å². The van der Waals surface area contributed by atoms with E-state index < -0.39 is 11.9 Å². The molecule has 1 aromatic rings. The zero-order valence-electron chi connectivity index (χ0n) is 9.09. The predicted molar refractivity (Wildman–Crippen MR) is 65.1 cm³/mol. The van der Waals surface area contributed by atoms with E-state index in [-0.39, 0.29) is 18.3 Å². The van der Waals surface area contributed by atoms with Crippen molar-refractivity contribution in [3.63, 3.8) is 0 Å². The fraction of sp³-hybridized carbons (Fsp3) is 0.333. The molecular weight excluding hydrogens is 240 g/mol. The number of halogens is 1. The normalized spacial score (nSPS) is 22.5. The van der Waals surface area contributed by atoms with Crippen molar-refractivity contribution in [1.29, 1.82) is 5.26 Å². The first-order chi connectivity index (χ1) is 7.74. The van der Waals surface area contributed by atoms with Crippen LogP contribution < -0.4 is 5.32 Å². The number of rotatable bonds is 2. The van der Waals surface area contributed by atoms with Gasteiger partial charge < -0.3 is 10.4 Å². The van der Waals surface area contributed by atoms with Gasteiger partial charge in [0.25, 0.3) is 0 Å². The van der Waals surface area contributed by atoms with Crippen LogP contribution >= 0.6 is 12.4 Å². The third-order valence-electron chi connectivity index (χ3n) is 3.01. The molecule has 0 radical (unpaired) electrons. The molecule has 5 heteroatoms. The minimum atomic E-state index is -0.803. The topological polar surface area (TPSA) is 73.1 Å². The summed E-state index contributed by atoms with van der Waals surface area (Å²) in [6.45, 7) is 1.09. The van der Waals surface area contributed by atoms with E-state index in [2.05, 4.69) is 11.4 Å². The molecule has 1 aliphatic heterocycles. The minimum Gasteiger partial charge on any atom is -0.481 e. The van der Waals surface area contributed by atoms with Crippen molar-refractivity contribution < 1.29 is 9.90 Å². The second-order valence-electron chi connectivity index (χ2n) is 3.91. The van der Waals surface area contributed by atoms with E-state index in [1.807, 2.05) is 12.1 Å². The molecule has 1 saturated heterocycles. The lowest BCUT2D eigenvalue weighted by Crippen LogP contribution is -2.21. The highest BCUT2D eigenvalue weighted by molar-refractivity contribution is 5.85. The number of carboxylic acids is 1. The van der Waals surface area contributed by atoms with Crippen molar-refractivity contribution in [2.24, 2.45) is 5.92 Å². The van der Waals surface area contributed by atoms with Crippen LogP contribution in [0.3, 0.4) is 0 Å². The lowest BCUT2D eigenvalue weighted by atomic mass is 9.86. The summed E-state index contributed by atoms with van der Waals surface area (Å²) < 4.78 is 0. The van der Waals surface area contributed by atoms with E-state index in [1.165, 1.54) is 0 Å². The zero-order chi connectivity index (χ0) is 11.5. The number of nitriles is 1. The molecule has 0 aromatic heterocycles. The average Bonchev–Trinajstić information content (AvgIpc) is 2.77. The molecule has 0 bridgehead atoms. The molecule has 2 atom stereocenters. The molecule has 1 aliphatic rings. The number of hydrogen-bond acceptors (Lipinski definition) is 3. The van der Waals surface area contributed by atoms with Crippen LogP contribution in [0.1, 0.15) is 17.0 Å². The molecule has 17 heavy (non-hydrogen) atoms. The highest BCUT2D eigenvalue weighted by Gasteiger charge is 2.34. The minimum absolute atomic E-state index is 0. The number of benzene rings is 1. The van der Waals surface area contributed by atoms with Crippen molar-refractivity contribution in [2.45, 2.75) is 5.92 Å². The SMILES string of the molecule is Cl.N#Cc1ccccc1C1CNCC1C(=O)O. The van der Waals surface area contributed by atoms with Crippen LogP contribution in [0.4, 0.5) is 0 Å². The first-order valence-electron chi connectivity index (χ1n) is 5.16. The second kappa shape index (κ2) is 5.67. The molecule has 90 valence electrons. The van der Waals surface area contributed by atoms with E-state index in [0.29, 0.717) is 18.7 Å². The maximum atomic E-state index is 11.1. The van der Waals surface area contributed by atoms with E-state index in [1.54, 1.807) is 12.1 Å². The third-order valence-corrected chi connectivity index (χ3v) is 3.01. The van der Waals surface area contributed by atoms with Gasteiger partial charge in [0.15, 0.2) is 0 Å². The number of carboxylic acid groups (broad SMARTS) is 1. The monoisotopic (exact) mass is 252 g/mol. The van der Waals surface area contributed by atoms with Crippen molar-refractivity contribution in [3.05, 3.63) is 35.4 Å². The molecule has 4 nitrogen and oxygen atoms in total. The first-order valence-corrected chi connectivity index (χ1v) is 5.16. The van der Waals surface area contributed by atoms with E-state index in [4.69, 9.17) is 10.4 Å². The summed E-state index contributed by atoms with van der Waals surface area (Å²) in [5.41, 5.74) is 1.41. The summed E-state index contributed by atoms with van der Waals surface area (Å²) in [4.78, 5) is 11.1. The van der Waals surface area contributed by atoms with Gasteiger partial charge in [-0.25, -0.2) is 0 Å². The molecule has 1 fully saturated rings. The lowest BCUT2D eigenvalue weighted by Gasteiger charge is -2.15. The summed E-state index contributed by atoms with van der Waals surface area (Å²) in [6.07, 6.45) is 0. The average molecular weight is 253 g/mol. The Morgan fingerprint density at radius 1 is 1.41 bits per heavy atom. The Morgan fingerprint density at radius 2 is 2.12 bits per heavy atom. The van der Waals surface area contributed by atoms with Gasteiger partial charge in [-0.2, -0.15) is 5.26 Å². The Kier molecular flexibility index (Phi) is 4.50. The Labute approximate surface area is 106 Å². The third kappa shape index (κ3) is 2.57. The van der Waals surface area contributed by atoms with Crippen molar-refractivity contribution >= 4 is 18.4 Å². The van der Waals surface area contributed by atoms with Crippen LogP contribution in [-0.4, -0.2) is 24.2 Å². The van der Waals surface area contributed by atoms with Crippen molar-refractivity contribution in [2.75, 3.05) is 13.1 Å². The maximum Gasteiger partial charge on any atom is 0.308 e. The van der Waals surface area contributed by atoms with Crippen LogP contribution in [0.5, 0.6) is 0 Å². The maximum absolute atomic E-state index is 11.1. The van der Waals surface area contributed by atoms with Gasteiger partial charge in [-0.15, -0.1) is 12.4 Å². The molecule has 2 N–H and O–H groups in total. The highest BCUT2D eigenvalue weighted by atomic mass is 35.5. The molecule has 1 aromatic carbocycles. The number of hydrogen-bond donors (Lipinski definition) is 2. The lowest BCUT2D eigenvalue weighted by molar-refractivity contribution is -0.141.